The molecular weight excluding hydrogens is 617 g/mol. The summed E-state index contributed by atoms with van der Waals surface area (Å²) in [4.78, 5) is 0. The fourth-order valence-electron chi connectivity index (χ4n) is 18.4. The van der Waals surface area contributed by atoms with E-state index in [1.54, 1.807) is 96.3 Å². The van der Waals surface area contributed by atoms with Gasteiger partial charge in [0.1, 0.15) is 0 Å². The van der Waals surface area contributed by atoms with Gasteiger partial charge < -0.3 is 0 Å². The van der Waals surface area contributed by atoms with Crippen LogP contribution < -0.4 is 0 Å². The van der Waals surface area contributed by atoms with Gasteiger partial charge in [-0.15, -0.1) is 0 Å². The Balaban J connectivity index is 1.02. The van der Waals surface area contributed by atoms with Gasteiger partial charge in [0.15, 0.2) is 0 Å². The molecule has 8 fully saturated rings. The Kier molecular flexibility index (Phi) is 10.2. The Hall–Kier alpha value is 0.217. The van der Waals surface area contributed by atoms with Gasteiger partial charge in [0.2, 0.25) is 0 Å². The standard InChI is InChI=1S/C49H86Si/c1-30-25-40-41(27-32-17-21-36(22-18-32)48(3,4)5)38-15-11-13-34(38)28-43(40)46(30)50(9,10)47-31(2)26-42-44(47)29-35-14-12-16-39(35)45(42)33-19-23-37(24-20-33)49(6,7)8/h30-47H,11-29H2,1-10H3. The Morgan fingerprint density at radius 1 is 0.460 bits per heavy atom. The first kappa shape index (κ1) is 37.2. The zero-order valence-electron chi connectivity index (χ0n) is 35.3. The summed E-state index contributed by atoms with van der Waals surface area (Å²) in [6.45, 7) is 26.9. The maximum absolute atomic E-state index is 3.04. The van der Waals surface area contributed by atoms with Gasteiger partial charge in [0.25, 0.3) is 0 Å². The van der Waals surface area contributed by atoms with Crippen LogP contribution in [0.5, 0.6) is 0 Å². The molecule has 8 rings (SSSR count). The van der Waals surface area contributed by atoms with E-state index in [4.69, 9.17) is 0 Å². The molecule has 0 aromatic carbocycles. The second-order valence-corrected chi connectivity index (χ2v) is 29.6. The highest BCUT2D eigenvalue weighted by atomic mass is 28.3. The number of hydrogen-bond acceptors (Lipinski definition) is 0. The van der Waals surface area contributed by atoms with Crippen LogP contribution in [-0.2, 0) is 0 Å². The molecule has 0 aromatic heterocycles. The molecule has 286 valence electrons. The van der Waals surface area contributed by atoms with Crippen molar-refractivity contribution in [3.63, 3.8) is 0 Å². The van der Waals surface area contributed by atoms with E-state index in [0.717, 1.165) is 106 Å². The third-order valence-electron chi connectivity index (χ3n) is 20.1. The summed E-state index contributed by atoms with van der Waals surface area (Å²) in [6, 6.07) is 0. The number of hydrogen-bond donors (Lipinski definition) is 0. The quantitative estimate of drug-likeness (QED) is 0.250. The average molecular weight is 703 g/mol. The molecule has 8 aliphatic carbocycles. The molecule has 0 bridgehead atoms. The van der Waals surface area contributed by atoms with Gasteiger partial charge in [0.05, 0.1) is 8.07 Å². The summed E-state index contributed by atoms with van der Waals surface area (Å²) in [7, 11) is -1.49. The summed E-state index contributed by atoms with van der Waals surface area (Å²) in [5.41, 5.74) is 3.25. The van der Waals surface area contributed by atoms with Crippen molar-refractivity contribution >= 4 is 8.07 Å². The van der Waals surface area contributed by atoms with Crippen molar-refractivity contribution in [2.45, 2.75) is 202 Å². The summed E-state index contributed by atoms with van der Waals surface area (Å²) in [5, 5.41) is 0. The van der Waals surface area contributed by atoms with Gasteiger partial charge in [0, 0.05) is 0 Å². The van der Waals surface area contributed by atoms with Crippen LogP contribution in [0.2, 0.25) is 24.2 Å². The Labute approximate surface area is 314 Å². The molecule has 0 N–H and O–H groups in total. The van der Waals surface area contributed by atoms with E-state index in [0.29, 0.717) is 10.8 Å². The van der Waals surface area contributed by atoms with Gasteiger partial charge in [-0.2, -0.15) is 0 Å². The van der Waals surface area contributed by atoms with Crippen LogP contribution in [0.3, 0.4) is 0 Å². The van der Waals surface area contributed by atoms with E-state index in [1.165, 1.54) is 25.7 Å². The van der Waals surface area contributed by atoms with Crippen LogP contribution in [0.15, 0.2) is 0 Å². The molecular formula is C49H86Si. The lowest BCUT2D eigenvalue weighted by Crippen LogP contribution is -2.50. The summed E-state index contributed by atoms with van der Waals surface area (Å²) in [6.07, 6.45) is 30.1. The van der Waals surface area contributed by atoms with E-state index in [1.807, 2.05) is 0 Å². The largest absolute Gasteiger partial charge is 0.0689 e. The maximum atomic E-state index is 3.04. The number of rotatable bonds is 5. The molecule has 0 heterocycles. The molecule has 0 aromatic rings. The number of fused-ring (bicyclic) bond motifs is 4. The molecule has 0 aliphatic heterocycles. The fourth-order valence-corrected chi connectivity index (χ4v) is 25.1. The molecule has 14 atom stereocenters. The lowest BCUT2D eigenvalue weighted by molar-refractivity contribution is 0.00152. The molecule has 0 spiro atoms. The predicted molar refractivity (Wildman–Crippen MR) is 219 cm³/mol. The first-order valence-corrected chi connectivity index (χ1v) is 26.8. The molecule has 0 saturated heterocycles. The average Bonchev–Trinajstić information content (AvgIpc) is 3.84. The summed E-state index contributed by atoms with van der Waals surface area (Å²) >= 11 is 0. The molecule has 0 nitrogen and oxygen atoms in total. The van der Waals surface area contributed by atoms with E-state index in [-0.39, 0.29) is 0 Å². The normalized spacial score (nSPS) is 51.2. The van der Waals surface area contributed by atoms with Crippen molar-refractivity contribution in [2.24, 2.45) is 106 Å². The summed E-state index contributed by atoms with van der Waals surface area (Å²) in [5.74, 6) is 17.0. The fraction of sp³-hybridized carbons (Fsp3) is 1.00. The van der Waals surface area contributed by atoms with Crippen LogP contribution in [-0.4, -0.2) is 8.07 Å². The molecule has 50 heavy (non-hydrogen) atoms. The molecule has 8 saturated carbocycles. The predicted octanol–water partition coefficient (Wildman–Crippen LogP) is 14.9. The maximum Gasteiger partial charge on any atom is 0.0546 e. The van der Waals surface area contributed by atoms with Gasteiger partial charge >= 0.3 is 0 Å². The summed E-state index contributed by atoms with van der Waals surface area (Å²) < 4.78 is 0. The van der Waals surface area contributed by atoms with Crippen molar-refractivity contribution in [1.29, 1.82) is 0 Å². The van der Waals surface area contributed by atoms with E-state index < -0.39 is 8.07 Å². The van der Waals surface area contributed by atoms with Gasteiger partial charge in [-0.05, 0) is 200 Å². The Morgan fingerprint density at radius 2 is 0.940 bits per heavy atom. The minimum Gasteiger partial charge on any atom is -0.0689 e. The van der Waals surface area contributed by atoms with E-state index in [2.05, 4.69) is 68.5 Å². The minimum atomic E-state index is -1.49. The zero-order valence-corrected chi connectivity index (χ0v) is 36.3. The van der Waals surface area contributed by atoms with Gasteiger partial charge in [-0.25, -0.2) is 0 Å². The lowest BCUT2D eigenvalue weighted by Gasteiger charge is -2.53. The highest BCUT2D eigenvalue weighted by Crippen LogP contribution is 2.70. The van der Waals surface area contributed by atoms with Crippen LogP contribution in [0, 0.1) is 106 Å². The molecule has 0 amide bonds. The van der Waals surface area contributed by atoms with Crippen molar-refractivity contribution in [3.05, 3.63) is 0 Å². The van der Waals surface area contributed by atoms with Crippen LogP contribution >= 0.6 is 0 Å². The second-order valence-electron chi connectivity index (χ2n) is 24.7. The molecule has 0 radical (unpaired) electrons. The zero-order chi connectivity index (χ0) is 35.3. The topological polar surface area (TPSA) is 0 Å². The van der Waals surface area contributed by atoms with Crippen molar-refractivity contribution in [3.8, 4) is 0 Å². The van der Waals surface area contributed by atoms with Crippen LogP contribution in [0.1, 0.15) is 177 Å². The monoisotopic (exact) mass is 703 g/mol. The van der Waals surface area contributed by atoms with Crippen molar-refractivity contribution < 1.29 is 0 Å². The molecule has 14 unspecified atom stereocenters. The van der Waals surface area contributed by atoms with Gasteiger partial charge in [-0.1, -0.05) is 107 Å². The third-order valence-corrected chi connectivity index (χ3v) is 25.6. The lowest BCUT2D eigenvalue weighted by atomic mass is 9.56. The van der Waals surface area contributed by atoms with Crippen LogP contribution in [0.25, 0.3) is 0 Å². The second kappa shape index (κ2) is 13.8. The first-order chi connectivity index (χ1) is 23.6. The molecule has 1 heteroatoms. The van der Waals surface area contributed by atoms with Crippen molar-refractivity contribution in [2.75, 3.05) is 0 Å². The highest BCUT2D eigenvalue weighted by Gasteiger charge is 2.63. The molecule has 8 aliphatic rings. The highest BCUT2D eigenvalue weighted by molar-refractivity contribution is 6.80. The SMILES string of the molecule is CC1CC2C(CC3CCC(C(C)(C)C)CC3)C3CCCC3CC2C1[Si](C)(C)C1C(C)CC2C1CC1CCCC1C2C1CCC(C(C)(C)C)CC1. The van der Waals surface area contributed by atoms with E-state index in [9.17, 15) is 0 Å². The smallest absolute Gasteiger partial charge is 0.0546 e. The van der Waals surface area contributed by atoms with Gasteiger partial charge in [-0.3, -0.25) is 0 Å². The minimum absolute atomic E-state index is 0.511. The Bertz CT molecular complexity index is 1150. The van der Waals surface area contributed by atoms with Crippen molar-refractivity contribution in [1.82, 2.24) is 0 Å². The first-order valence-electron chi connectivity index (χ1n) is 23.6. The third kappa shape index (κ3) is 6.54. The van der Waals surface area contributed by atoms with E-state index >= 15 is 0 Å². The Morgan fingerprint density at radius 3 is 1.50 bits per heavy atom. The van der Waals surface area contributed by atoms with Crippen LogP contribution in [0.4, 0.5) is 0 Å².